The highest BCUT2D eigenvalue weighted by Crippen LogP contribution is 2.48. The zero-order valence-corrected chi connectivity index (χ0v) is 19.1. The van der Waals surface area contributed by atoms with Crippen LogP contribution in [0.4, 0.5) is 5.69 Å². The predicted molar refractivity (Wildman–Crippen MR) is 115 cm³/mol. The molecule has 160 valence electrons. The quantitative estimate of drug-likeness (QED) is 0.455. The minimum atomic E-state index is -4.31. The van der Waals surface area contributed by atoms with Crippen molar-refractivity contribution in [2.24, 2.45) is 0 Å². The van der Waals surface area contributed by atoms with E-state index in [4.69, 9.17) is 4.55 Å². The molecule has 2 heterocycles. The minimum absolute atomic E-state index is 0.106. The largest absolute Gasteiger partial charge is 0.304 e. The van der Waals surface area contributed by atoms with E-state index in [1.165, 1.54) is 6.07 Å². The Kier molecular flexibility index (Phi) is 5.96. The van der Waals surface area contributed by atoms with Crippen LogP contribution < -0.4 is 0 Å². The molecule has 0 bridgehead atoms. The van der Waals surface area contributed by atoms with Crippen LogP contribution in [0.5, 0.6) is 0 Å². The van der Waals surface area contributed by atoms with Gasteiger partial charge in [-0.25, -0.2) is 0 Å². The maximum absolute atomic E-state index is 11.7. The molecule has 1 aliphatic rings. The van der Waals surface area contributed by atoms with Gasteiger partial charge in [-0.2, -0.15) is 21.4 Å². The van der Waals surface area contributed by atoms with Crippen LogP contribution >= 0.6 is 11.3 Å². The molecule has 0 saturated heterocycles. The Morgan fingerprint density at radius 1 is 1.14 bits per heavy atom. The van der Waals surface area contributed by atoms with Gasteiger partial charge in [0.2, 0.25) is 5.69 Å². The Hall–Kier alpha value is -1.33. The van der Waals surface area contributed by atoms with E-state index in [-0.39, 0.29) is 16.4 Å². The van der Waals surface area contributed by atoms with Crippen LogP contribution in [0.1, 0.15) is 52.0 Å². The second-order valence-electron chi connectivity index (χ2n) is 7.72. The van der Waals surface area contributed by atoms with Crippen LogP contribution in [0, 0.1) is 0 Å². The van der Waals surface area contributed by atoms with E-state index in [0.717, 1.165) is 57.8 Å². The van der Waals surface area contributed by atoms with E-state index in [9.17, 15) is 21.4 Å². The zero-order chi connectivity index (χ0) is 21.6. The van der Waals surface area contributed by atoms with Gasteiger partial charge in [0.15, 0.2) is 5.71 Å². The molecule has 1 aromatic heterocycles. The normalized spacial score (nSPS) is 19.9. The van der Waals surface area contributed by atoms with Gasteiger partial charge in [-0.15, -0.1) is 11.3 Å². The van der Waals surface area contributed by atoms with Gasteiger partial charge in [0.25, 0.3) is 10.1 Å². The van der Waals surface area contributed by atoms with Crippen molar-refractivity contribution in [3.8, 4) is 0 Å². The molecule has 1 unspecified atom stereocenters. The third-order valence-electron chi connectivity index (χ3n) is 5.77. The van der Waals surface area contributed by atoms with Crippen LogP contribution in [-0.2, 0) is 25.7 Å². The highest BCUT2D eigenvalue weighted by molar-refractivity contribution is 7.88. The minimum Gasteiger partial charge on any atom is -0.286 e. The lowest BCUT2D eigenvalue weighted by Crippen LogP contribution is -2.31. The SMILES string of the molecule is CCCC[N+]1=C(C)C(C)(CCCS(=O)(=O)O)c2c1ccc1sc(S(=O)(=O)O)cc21. The summed E-state index contributed by atoms with van der Waals surface area (Å²) in [4.78, 5) is 0. The number of thiophene rings is 1. The highest BCUT2D eigenvalue weighted by Gasteiger charge is 2.47. The fraction of sp³-hybridized carbons (Fsp3) is 0.526. The maximum Gasteiger partial charge on any atom is 0.304 e. The van der Waals surface area contributed by atoms with E-state index < -0.39 is 25.7 Å². The van der Waals surface area contributed by atoms with Gasteiger partial charge in [0.05, 0.1) is 11.2 Å². The predicted octanol–water partition coefficient (Wildman–Crippen LogP) is 3.99. The standard InChI is InChI=1S/C19H25NO6S3/c1-4-5-10-20-13(2)19(3,9-6-11-28(21,22)23)18-14-12-17(29(24,25)26)27-16(14)8-7-15(18)20/h7-8,12H,4-6,9-11H2,1-3H3,(H-,21,22,23,24,25,26)/p+1. The summed E-state index contributed by atoms with van der Waals surface area (Å²) in [5.41, 5.74) is 2.50. The second kappa shape index (κ2) is 7.73. The lowest BCUT2D eigenvalue weighted by atomic mass is 9.75. The molecule has 0 fully saturated rings. The van der Waals surface area contributed by atoms with Crippen molar-refractivity contribution in [3.63, 3.8) is 0 Å². The van der Waals surface area contributed by atoms with E-state index in [0.29, 0.717) is 6.42 Å². The summed E-state index contributed by atoms with van der Waals surface area (Å²) < 4.78 is 67.3. The molecule has 2 N–H and O–H groups in total. The Bertz CT molecular complexity index is 1190. The Morgan fingerprint density at radius 2 is 1.83 bits per heavy atom. The van der Waals surface area contributed by atoms with Crippen molar-refractivity contribution in [2.45, 2.75) is 56.1 Å². The summed E-state index contributed by atoms with van der Waals surface area (Å²) in [6.45, 7) is 6.97. The smallest absolute Gasteiger partial charge is 0.286 e. The lowest BCUT2D eigenvalue weighted by Gasteiger charge is -2.22. The molecule has 1 atom stereocenters. The van der Waals surface area contributed by atoms with Gasteiger partial charge >= 0.3 is 10.1 Å². The summed E-state index contributed by atoms with van der Waals surface area (Å²) in [6, 6.07) is 5.34. The molecule has 0 spiro atoms. The number of nitrogens with zero attached hydrogens (tertiary/aromatic N) is 1. The molecule has 0 saturated carbocycles. The van der Waals surface area contributed by atoms with E-state index >= 15 is 0 Å². The van der Waals surface area contributed by atoms with Gasteiger partial charge in [-0.05, 0) is 31.9 Å². The Morgan fingerprint density at radius 3 is 2.41 bits per heavy atom. The first-order chi connectivity index (χ1) is 13.4. The summed E-state index contributed by atoms with van der Waals surface area (Å²) in [7, 11) is -8.37. The molecule has 0 amide bonds. The molecular formula is C19H26NO6S3+. The van der Waals surface area contributed by atoms with Crippen molar-refractivity contribution in [2.75, 3.05) is 12.3 Å². The van der Waals surface area contributed by atoms with Crippen LogP contribution in [0.3, 0.4) is 0 Å². The molecule has 10 heteroatoms. The summed E-state index contributed by atoms with van der Waals surface area (Å²) in [6.07, 6.45) is 2.77. The maximum atomic E-state index is 11.7. The number of hydrogen-bond donors (Lipinski definition) is 2. The van der Waals surface area contributed by atoms with Crippen molar-refractivity contribution >= 4 is 53.1 Å². The van der Waals surface area contributed by atoms with E-state index in [1.807, 2.05) is 26.0 Å². The van der Waals surface area contributed by atoms with Gasteiger partial charge in [0.1, 0.15) is 10.8 Å². The first-order valence-electron chi connectivity index (χ1n) is 9.49. The van der Waals surface area contributed by atoms with Gasteiger partial charge in [0, 0.05) is 35.1 Å². The highest BCUT2D eigenvalue weighted by atomic mass is 32.3. The number of rotatable bonds is 8. The molecule has 2 aromatic rings. The van der Waals surface area contributed by atoms with E-state index in [2.05, 4.69) is 11.5 Å². The molecule has 1 aromatic carbocycles. The molecule has 7 nitrogen and oxygen atoms in total. The summed E-state index contributed by atoms with van der Waals surface area (Å²) >= 11 is 1.02. The average molecular weight is 461 g/mol. The Labute approximate surface area is 175 Å². The third kappa shape index (κ3) is 4.27. The fourth-order valence-corrected chi connectivity index (χ4v) is 6.45. The van der Waals surface area contributed by atoms with Crippen LogP contribution in [0.2, 0.25) is 0 Å². The number of benzene rings is 1. The number of unbranched alkanes of at least 4 members (excludes halogenated alkanes) is 1. The van der Waals surface area contributed by atoms with Crippen molar-refractivity contribution in [1.82, 2.24) is 0 Å². The summed E-state index contributed by atoms with van der Waals surface area (Å²) in [5, 5.41) is 0.757. The third-order valence-corrected chi connectivity index (χ3v) is 8.98. The fourth-order valence-electron chi connectivity index (χ4n) is 4.19. The first kappa shape index (κ1) is 22.4. The molecule has 29 heavy (non-hydrogen) atoms. The number of hydrogen-bond acceptors (Lipinski definition) is 5. The lowest BCUT2D eigenvalue weighted by molar-refractivity contribution is -0.439. The van der Waals surface area contributed by atoms with Crippen molar-refractivity contribution in [1.29, 1.82) is 0 Å². The number of fused-ring (bicyclic) bond motifs is 3. The van der Waals surface area contributed by atoms with Crippen LogP contribution in [0.15, 0.2) is 22.4 Å². The van der Waals surface area contributed by atoms with Crippen LogP contribution in [0.25, 0.3) is 10.1 Å². The van der Waals surface area contributed by atoms with Crippen molar-refractivity contribution in [3.05, 3.63) is 23.8 Å². The van der Waals surface area contributed by atoms with E-state index in [1.54, 1.807) is 0 Å². The molecule has 3 rings (SSSR count). The topological polar surface area (TPSA) is 112 Å². The van der Waals surface area contributed by atoms with Crippen molar-refractivity contribution < 1.29 is 30.5 Å². The van der Waals surface area contributed by atoms with Gasteiger partial charge < -0.3 is 0 Å². The molecular weight excluding hydrogens is 434 g/mol. The van der Waals surface area contributed by atoms with Gasteiger partial charge in [-0.1, -0.05) is 13.3 Å². The molecule has 1 aliphatic heterocycles. The van der Waals surface area contributed by atoms with Gasteiger partial charge in [-0.3, -0.25) is 9.11 Å². The Balaban J connectivity index is 2.18. The molecule has 0 aliphatic carbocycles. The van der Waals surface area contributed by atoms with Crippen LogP contribution in [-0.4, -0.2) is 48.5 Å². The first-order valence-corrected chi connectivity index (χ1v) is 13.4. The zero-order valence-electron chi connectivity index (χ0n) is 16.7. The monoisotopic (exact) mass is 460 g/mol. The second-order valence-corrected chi connectivity index (χ2v) is 12.0. The summed E-state index contributed by atoms with van der Waals surface area (Å²) in [5.74, 6) is -0.323. The average Bonchev–Trinajstić information content (AvgIpc) is 3.11. The molecule has 0 radical (unpaired) electrons.